The predicted octanol–water partition coefficient (Wildman–Crippen LogP) is -0.288. The molecule has 0 aromatic carbocycles. The van der Waals surface area contributed by atoms with Crippen molar-refractivity contribution in [3.05, 3.63) is 0 Å². The Labute approximate surface area is 101 Å². The van der Waals surface area contributed by atoms with Crippen LogP contribution in [0.15, 0.2) is 0 Å². The monoisotopic (exact) mass is 243 g/mol. The molecule has 17 heavy (non-hydrogen) atoms. The van der Waals surface area contributed by atoms with Gasteiger partial charge < -0.3 is 16.2 Å². The van der Waals surface area contributed by atoms with E-state index in [4.69, 9.17) is 5.73 Å². The fraction of sp³-hybridized carbons (Fsp3) is 0.818. The van der Waals surface area contributed by atoms with E-state index in [0.29, 0.717) is 12.5 Å². The molecule has 98 valence electrons. The molecule has 1 aliphatic rings. The van der Waals surface area contributed by atoms with E-state index < -0.39 is 17.5 Å². The Kier molecular flexibility index (Phi) is 4.89. The lowest BCUT2D eigenvalue weighted by Crippen LogP contribution is -2.47. The van der Waals surface area contributed by atoms with Crippen LogP contribution in [0.1, 0.15) is 32.6 Å². The SMILES string of the molecule is CC1CCC(O)(CNCC(=O)NC(N)=O)CC1. The van der Waals surface area contributed by atoms with E-state index >= 15 is 0 Å². The molecule has 6 heteroatoms. The molecule has 5 N–H and O–H groups in total. The molecule has 0 atom stereocenters. The maximum Gasteiger partial charge on any atom is 0.318 e. The first-order chi connectivity index (χ1) is 7.91. The minimum atomic E-state index is -0.859. The van der Waals surface area contributed by atoms with Crippen LogP contribution < -0.4 is 16.4 Å². The second-order valence-corrected chi connectivity index (χ2v) is 4.92. The Hall–Kier alpha value is -1.14. The maximum absolute atomic E-state index is 11.1. The molecule has 3 amide bonds. The molecular formula is C11H21N3O3. The molecule has 0 aromatic heterocycles. The molecule has 0 saturated heterocycles. The highest BCUT2D eigenvalue weighted by molar-refractivity contribution is 5.94. The van der Waals surface area contributed by atoms with Crippen LogP contribution in [0.4, 0.5) is 4.79 Å². The van der Waals surface area contributed by atoms with E-state index in [2.05, 4.69) is 12.2 Å². The zero-order valence-corrected chi connectivity index (χ0v) is 10.2. The van der Waals surface area contributed by atoms with Crippen LogP contribution >= 0.6 is 0 Å². The molecule has 0 spiro atoms. The van der Waals surface area contributed by atoms with Gasteiger partial charge in [-0.15, -0.1) is 0 Å². The van der Waals surface area contributed by atoms with Crippen LogP contribution in [-0.4, -0.2) is 35.7 Å². The van der Waals surface area contributed by atoms with E-state index in [1.54, 1.807) is 0 Å². The summed E-state index contributed by atoms with van der Waals surface area (Å²) < 4.78 is 0. The third kappa shape index (κ3) is 5.14. The Morgan fingerprint density at radius 3 is 2.53 bits per heavy atom. The van der Waals surface area contributed by atoms with Crippen molar-refractivity contribution in [2.45, 2.75) is 38.2 Å². The third-order valence-corrected chi connectivity index (χ3v) is 3.21. The van der Waals surface area contributed by atoms with Gasteiger partial charge in [-0.2, -0.15) is 0 Å². The molecule has 1 saturated carbocycles. The Morgan fingerprint density at radius 1 is 1.41 bits per heavy atom. The minimum absolute atomic E-state index is 0.0131. The van der Waals surface area contributed by atoms with Crippen LogP contribution in [0.2, 0.25) is 0 Å². The normalized spacial score (nSPS) is 28.7. The number of rotatable bonds is 4. The van der Waals surface area contributed by atoms with E-state index in [-0.39, 0.29) is 6.54 Å². The highest BCUT2D eigenvalue weighted by atomic mass is 16.3. The van der Waals surface area contributed by atoms with Gasteiger partial charge in [0, 0.05) is 6.54 Å². The lowest BCUT2D eigenvalue weighted by molar-refractivity contribution is -0.119. The second kappa shape index (κ2) is 5.97. The molecule has 0 radical (unpaired) electrons. The first-order valence-corrected chi connectivity index (χ1v) is 5.94. The van der Waals surface area contributed by atoms with Crippen LogP contribution in [0.25, 0.3) is 0 Å². The number of carbonyl (C=O) groups excluding carboxylic acids is 2. The Balaban J connectivity index is 2.21. The van der Waals surface area contributed by atoms with Gasteiger partial charge in [0.15, 0.2) is 0 Å². The standard InChI is InChI=1S/C11H21N3O3/c1-8-2-4-11(17,5-3-8)7-13-6-9(15)14-10(12)16/h8,13,17H,2-7H2,1H3,(H3,12,14,15,16). The van der Waals surface area contributed by atoms with Gasteiger partial charge in [-0.05, 0) is 31.6 Å². The molecule has 6 nitrogen and oxygen atoms in total. The first-order valence-electron chi connectivity index (χ1n) is 5.94. The van der Waals surface area contributed by atoms with Gasteiger partial charge in [-0.25, -0.2) is 4.79 Å². The van der Waals surface area contributed by atoms with Crippen molar-refractivity contribution in [3.63, 3.8) is 0 Å². The third-order valence-electron chi connectivity index (χ3n) is 3.21. The number of imide groups is 1. The number of primary amides is 1. The second-order valence-electron chi connectivity index (χ2n) is 4.92. The summed E-state index contributed by atoms with van der Waals surface area (Å²) in [5.74, 6) is 0.179. The average molecular weight is 243 g/mol. The first kappa shape index (κ1) is 13.9. The van der Waals surface area contributed by atoms with Gasteiger partial charge in [-0.1, -0.05) is 6.92 Å². The summed E-state index contributed by atoms with van der Waals surface area (Å²) >= 11 is 0. The molecule has 0 heterocycles. The lowest BCUT2D eigenvalue weighted by atomic mass is 9.79. The average Bonchev–Trinajstić information content (AvgIpc) is 2.22. The summed E-state index contributed by atoms with van der Waals surface area (Å²) in [6, 6.07) is -0.859. The van der Waals surface area contributed by atoms with Gasteiger partial charge in [0.25, 0.3) is 0 Å². The van der Waals surface area contributed by atoms with Crippen molar-refractivity contribution in [3.8, 4) is 0 Å². The van der Waals surface area contributed by atoms with E-state index in [1.807, 2.05) is 5.32 Å². The molecule has 0 unspecified atom stereocenters. The van der Waals surface area contributed by atoms with Gasteiger partial charge in [0.1, 0.15) is 0 Å². The zero-order chi connectivity index (χ0) is 12.9. The quantitative estimate of drug-likeness (QED) is 0.544. The molecular weight excluding hydrogens is 222 g/mol. The number of nitrogens with one attached hydrogen (secondary N) is 2. The van der Waals surface area contributed by atoms with Gasteiger partial charge in [0.2, 0.25) is 5.91 Å². The maximum atomic E-state index is 11.1. The lowest BCUT2D eigenvalue weighted by Gasteiger charge is -2.35. The molecule has 1 rings (SSSR count). The smallest absolute Gasteiger partial charge is 0.318 e. The highest BCUT2D eigenvalue weighted by Crippen LogP contribution is 2.31. The number of urea groups is 1. The summed E-state index contributed by atoms with van der Waals surface area (Å²) in [6.07, 6.45) is 3.51. The Morgan fingerprint density at radius 2 is 2.00 bits per heavy atom. The van der Waals surface area contributed by atoms with Gasteiger partial charge >= 0.3 is 6.03 Å². The van der Waals surface area contributed by atoms with Crippen LogP contribution in [0.3, 0.4) is 0 Å². The van der Waals surface area contributed by atoms with Crippen molar-refractivity contribution < 1.29 is 14.7 Å². The molecule has 1 fully saturated rings. The minimum Gasteiger partial charge on any atom is -0.389 e. The fourth-order valence-electron chi connectivity index (χ4n) is 2.07. The summed E-state index contributed by atoms with van der Waals surface area (Å²) in [5.41, 5.74) is 4.08. The van der Waals surface area contributed by atoms with E-state index in [9.17, 15) is 14.7 Å². The topological polar surface area (TPSA) is 104 Å². The van der Waals surface area contributed by atoms with Crippen LogP contribution in [0, 0.1) is 5.92 Å². The van der Waals surface area contributed by atoms with Gasteiger partial charge in [-0.3, -0.25) is 10.1 Å². The van der Waals surface area contributed by atoms with Crippen molar-refractivity contribution in [1.82, 2.24) is 10.6 Å². The number of hydrogen-bond acceptors (Lipinski definition) is 4. The summed E-state index contributed by atoms with van der Waals surface area (Å²) in [4.78, 5) is 21.5. The summed E-state index contributed by atoms with van der Waals surface area (Å²) in [6.45, 7) is 2.53. The number of carbonyl (C=O) groups is 2. The zero-order valence-electron chi connectivity index (χ0n) is 10.2. The Bertz CT molecular complexity index is 286. The number of hydrogen-bond donors (Lipinski definition) is 4. The number of nitrogens with two attached hydrogens (primary N) is 1. The van der Waals surface area contributed by atoms with Crippen molar-refractivity contribution >= 4 is 11.9 Å². The van der Waals surface area contributed by atoms with Gasteiger partial charge in [0.05, 0.1) is 12.1 Å². The van der Waals surface area contributed by atoms with Crippen molar-refractivity contribution in [2.75, 3.05) is 13.1 Å². The fourth-order valence-corrected chi connectivity index (χ4v) is 2.07. The van der Waals surface area contributed by atoms with Crippen LogP contribution in [0.5, 0.6) is 0 Å². The highest BCUT2D eigenvalue weighted by Gasteiger charge is 2.31. The number of aliphatic hydroxyl groups is 1. The van der Waals surface area contributed by atoms with E-state index in [1.165, 1.54) is 0 Å². The van der Waals surface area contributed by atoms with E-state index in [0.717, 1.165) is 25.7 Å². The van der Waals surface area contributed by atoms with Crippen molar-refractivity contribution in [2.24, 2.45) is 11.7 Å². The number of amides is 3. The summed E-state index contributed by atoms with van der Waals surface area (Å²) in [7, 11) is 0. The molecule has 0 bridgehead atoms. The van der Waals surface area contributed by atoms with Crippen molar-refractivity contribution in [1.29, 1.82) is 0 Å². The molecule has 0 aromatic rings. The molecule has 0 aliphatic heterocycles. The largest absolute Gasteiger partial charge is 0.389 e. The predicted molar refractivity (Wildman–Crippen MR) is 63.2 cm³/mol. The van der Waals surface area contributed by atoms with Crippen LogP contribution in [-0.2, 0) is 4.79 Å². The summed E-state index contributed by atoms with van der Waals surface area (Å²) in [5, 5.41) is 15.0. The molecule has 1 aliphatic carbocycles.